The Morgan fingerprint density at radius 1 is 1.08 bits per heavy atom. The first-order valence-electron chi connectivity index (χ1n) is 8.89. The van der Waals surface area contributed by atoms with Crippen LogP contribution in [0.1, 0.15) is 63.9 Å². The van der Waals surface area contributed by atoms with Gasteiger partial charge in [-0.1, -0.05) is 46.8 Å². The second-order valence-corrected chi connectivity index (χ2v) is 8.16. The lowest BCUT2D eigenvalue weighted by molar-refractivity contribution is -0.123. The van der Waals surface area contributed by atoms with Gasteiger partial charge in [0.15, 0.2) is 0 Å². The molecule has 1 unspecified atom stereocenters. The van der Waals surface area contributed by atoms with Gasteiger partial charge in [-0.05, 0) is 36.0 Å². The number of hydrogen-bond acceptors (Lipinski definition) is 3. The summed E-state index contributed by atoms with van der Waals surface area (Å²) >= 11 is 0. The lowest BCUT2D eigenvalue weighted by Gasteiger charge is -2.33. The van der Waals surface area contributed by atoms with Gasteiger partial charge in [0.1, 0.15) is 0 Å². The molecule has 4 N–H and O–H groups in total. The Bertz CT molecular complexity index is 588. The van der Waals surface area contributed by atoms with Crippen molar-refractivity contribution in [2.45, 2.75) is 58.9 Å². The molecule has 0 aliphatic carbocycles. The molecule has 0 aromatic heterocycles. The molecule has 0 heterocycles. The second-order valence-electron chi connectivity index (χ2n) is 8.16. The standard InChI is InChI=1S/C20H33N3O2/c1-14(2)20(6,13-21)23-17(24)11-12-22-18(25)15-7-9-16(10-8-15)19(3,4)5/h7-10,14H,11-13,21H2,1-6H3,(H,22,25)(H,23,24). The van der Waals surface area contributed by atoms with Crippen molar-refractivity contribution < 1.29 is 9.59 Å². The third kappa shape index (κ3) is 6.16. The average molecular weight is 348 g/mol. The van der Waals surface area contributed by atoms with Gasteiger partial charge in [0.2, 0.25) is 5.91 Å². The maximum absolute atomic E-state index is 12.2. The van der Waals surface area contributed by atoms with Gasteiger partial charge in [0.25, 0.3) is 5.91 Å². The highest BCUT2D eigenvalue weighted by Gasteiger charge is 2.28. The van der Waals surface area contributed by atoms with E-state index in [0.717, 1.165) is 0 Å². The van der Waals surface area contributed by atoms with E-state index in [9.17, 15) is 9.59 Å². The summed E-state index contributed by atoms with van der Waals surface area (Å²) in [6.07, 6.45) is 0.230. The van der Waals surface area contributed by atoms with Crippen molar-refractivity contribution in [1.82, 2.24) is 10.6 Å². The Hall–Kier alpha value is -1.88. The molecule has 0 aliphatic heterocycles. The van der Waals surface area contributed by atoms with E-state index in [1.807, 2.05) is 45.0 Å². The lowest BCUT2D eigenvalue weighted by Crippen LogP contribution is -2.55. The molecule has 25 heavy (non-hydrogen) atoms. The first-order chi connectivity index (χ1) is 11.5. The molecule has 1 aromatic rings. The first-order valence-corrected chi connectivity index (χ1v) is 8.89. The van der Waals surface area contributed by atoms with Gasteiger partial charge in [-0.2, -0.15) is 0 Å². The van der Waals surface area contributed by atoms with Gasteiger partial charge >= 0.3 is 0 Å². The Morgan fingerprint density at radius 3 is 2.08 bits per heavy atom. The van der Waals surface area contributed by atoms with E-state index in [-0.39, 0.29) is 29.6 Å². The summed E-state index contributed by atoms with van der Waals surface area (Å²) in [6.45, 7) is 13.1. The highest BCUT2D eigenvalue weighted by Crippen LogP contribution is 2.22. The molecule has 0 fully saturated rings. The fourth-order valence-electron chi connectivity index (χ4n) is 2.33. The molecule has 1 atom stereocenters. The van der Waals surface area contributed by atoms with Crippen molar-refractivity contribution in [3.63, 3.8) is 0 Å². The quantitative estimate of drug-likeness (QED) is 0.709. The van der Waals surface area contributed by atoms with Gasteiger partial charge in [-0.15, -0.1) is 0 Å². The zero-order chi connectivity index (χ0) is 19.3. The Labute approximate surface area is 151 Å². The molecule has 0 saturated carbocycles. The molecule has 0 aliphatic rings. The first kappa shape index (κ1) is 21.2. The predicted molar refractivity (Wildman–Crippen MR) is 103 cm³/mol. The number of nitrogens with two attached hydrogens (primary N) is 1. The van der Waals surface area contributed by atoms with Crippen molar-refractivity contribution in [2.75, 3.05) is 13.1 Å². The molecule has 0 bridgehead atoms. The maximum Gasteiger partial charge on any atom is 0.251 e. The van der Waals surface area contributed by atoms with Crippen LogP contribution in [0.4, 0.5) is 0 Å². The molecule has 1 aromatic carbocycles. The van der Waals surface area contributed by atoms with Crippen molar-refractivity contribution in [2.24, 2.45) is 11.7 Å². The largest absolute Gasteiger partial charge is 0.352 e. The Morgan fingerprint density at radius 2 is 1.64 bits per heavy atom. The summed E-state index contributed by atoms with van der Waals surface area (Å²) < 4.78 is 0. The molecule has 0 spiro atoms. The molecular weight excluding hydrogens is 314 g/mol. The minimum Gasteiger partial charge on any atom is -0.352 e. The normalized spacial score (nSPS) is 14.1. The summed E-state index contributed by atoms with van der Waals surface area (Å²) in [5.74, 6) is -0.0406. The fourth-order valence-corrected chi connectivity index (χ4v) is 2.33. The predicted octanol–water partition coefficient (Wildman–Crippen LogP) is 2.59. The minimum atomic E-state index is -0.427. The number of amides is 2. The number of carbonyl (C=O) groups excluding carboxylic acids is 2. The van der Waals surface area contributed by atoms with Crippen molar-refractivity contribution in [3.8, 4) is 0 Å². The van der Waals surface area contributed by atoms with Crippen LogP contribution in [0.2, 0.25) is 0 Å². The summed E-state index contributed by atoms with van der Waals surface area (Å²) in [4.78, 5) is 24.3. The number of rotatable bonds is 7. The van der Waals surface area contributed by atoms with Crippen molar-refractivity contribution >= 4 is 11.8 Å². The van der Waals surface area contributed by atoms with E-state index in [1.54, 1.807) is 0 Å². The van der Waals surface area contributed by atoms with Gasteiger partial charge in [0, 0.05) is 25.1 Å². The number of carbonyl (C=O) groups is 2. The molecule has 0 radical (unpaired) electrons. The van der Waals surface area contributed by atoms with Crippen LogP contribution in [-0.2, 0) is 10.2 Å². The van der Waals surface area contributed by atoms with Crippen LogP contribution in [0.25, 0.3) is 0 Å². The number of nitrogens with one attached hydrogen (secondary N) is 2. The van der Waals surface area contributed by atoms with Crippen molar-refractivity contribution in [3.05, 3.63) is 35.4 Å². The molecule has 5 nitrogen and oxygen atoms in total. The van der Waals surface area contributed by atoms with Crippen LogP contribution >= 0.6 is 0 Å². The molecular formula is C20H33N3O2. The Kier molecular flexibility index (Phi) is 7.17. The van der Waals surface area contributed by atoms with Gasteiger partial charge in [-0.25, -0.2) is 0 Å². The van der Waals surface area contributed by atoms with Crippen molar-refractivity contribution in [1.29, 1.82) is 0 Å². The maximum atomic E-state index is 12.2. The van der Waals surface area contributed by atoms with Crippen LogP contribution in [0, 0.1) is 5.92 Å². The van der Waals surface area contributed by atoms with Crippen LogP contribution in [0.5, 0.6) is 0 Å². The van der Waals surface area contributed by atoms with E-state index in [2.05, 4.69) is 31.4 Å². The summed E-state index contributed by atoms with van der Waals surface area (Å²) in [5, 5.41) is 5.75. The molecule has 0 saturated heterocycles. The summed E-state index contributed by atoms with van der Waals surface area (Å²) in [6, 6.07) is 7.58. The molecule has 5 heteroatoms. The van der Waals surface area contributed by atoms with Crippen LogP contribution < -0.4 is 16.4 Å². The zero-order valence-electron chi connectivity index (χ0n) is 16.4. The third-order valence-electron chi connectivity index (χ3n) is 4.77. The van der Waals surface area contributed by atoms with Gasteiger partial charge in [-0.3, -0.25) is 9.59 Å². The molecule has 140 valence electrons. The van der Waals surface area contributed by atoms with Gasteiger partial charge < -0.3 is 16.4 Å². The van der Waals surface area contributed by atoms with E-state index in [1.165, 1.54) is 5.56 Å². The Balaban J connectivity index is 2.51. The van der Waals surface area contributed by atoms with E-state index in [4.69, 9.17) is 5.73 Å². The highest BCUT2D eigenvalue weighted by molar-refractivity contribution is 5.94. The SMILES string of the molecule is CC(C)C(C)(CN)NC(=O)CCNC(=O)c1ccc(C(C)(C)C)cc1. The number of hydrogen-bond donors (Lipinski definition) is 3. The minimum absolute atomic E-state index is 0.0547. The molecule has 2 amide bonds. The fraction of sp³-hybridized carbons (Fsp3) is 0.600. The number of benzene rings is 1. The smallest absolute Gasteiger partial charge is 0.251 e. The monoisotopic (exact) mass is 347 g/mol. The highest BCUT2D eigenvalue weighted by atomic mass is 16.2. The third-order valence-corrected chi connectivity index (χ3v) is 4.77. The topological polar surface area (TPSA) is 84.2 Å². The van der Waals surface area contributed by atoms with E-state index < -0.39 is 5.54 Å². The average Bonchev–Trinajstić information content (AvgIpc) is 2.53. The van der Waals surface area contributed by atoms with E-state index in [0.29, 0.717) is 18.7 Å². The second kappa shape index (κ2) is 8.48. The van der Waals surface area contributed by atoms with E-state index >= 15 is 0 Å². The summed E-state index contributed by atoms with van der Waals surface area (Å²) in [5.41, 5.74) is 7.17. The zero-order valence-corrected chi connectivity index (χ0v) is 16.4. The van der Waals surface area contributed by atoms with Gasteiger partial charge in [0.05, 0.1) is 5.54 Å². The van der Waals surface area contributed by atoms with Crippen LogP contribution in [-0.4, -0.2) is 30.4 Å². The van der Waals surface area contributed by atoms with Crippen LogP contribution in [0.3, 0.4) is 0 Å². The lowest BCUT2D eigenvalue weighted by atomic mass is 9.87. The molecule has 1 rings (SSSR count). The van der Waals surface area contributed by atoms with Crippen LogP contribution in [0.15, 0.2) is 24.3 Å². The summed E-state index contributed by atoms with van der Waals surface area (Å²) in [7, 11) is 0.